The zero-order valence-corrected chi connectivity index (χ0v) is 17.9. The number of H-pyrrole nitrogens is 1. The maximum Gasteiger partial charge on any atom is 0.257 e. The Morgan fingerprint density at radius 2 is 2.00 bits per heavy atom. The fourth-order valence-corrected chi connectivity index (χ4v) is 3.72. The molecule has 172 valence electrons. The quantitative estimate of drug-likeness (QED) is 0.591. The number of hydrogen-bond acceptors (Lipinski definition) is 6. The van der Waals surface area contributed by atoms with Crippen molar-refractivity contribution >= 4 is 11.7 Å². The number of ether oxygens (including phenoxy) is 1. The Hall–Kier alpha value is -3.66. The number of likely N-dealkylation sites (tertiary alicyclic amines) is 1. The number of nitrogens with zero attached hydrogens (tertiary/aromatic N) is 3. The molecule has 2 N–H and O–H groups in total. The van der Waals surface area contributed by atoms with Crippen LogP contribution in [0.4, 0.5) is 14.6 Å². The summed E-state index contributed by atoms with van der Waals surface area (Å²) in [7, 11) is 0. The van der Waals surface area contributed by atoms with Gasteiger partial charge >= 0.3 is 0 Å². The Balaban J connectivity index is 1.39. The van der Waals surface area contributed by atoms with Crippen molar-refractivity contribution in [2.24, 2.45) is 0 Å². The number of halogens is 2. The number of hydrogen-bond donors (Lipinski definition) is 2. The van der Waals surface area contributed by atoms with Crippen molar-refractivity contribution in [2.75, 3.05) is 18.4 Å². The van der Waals surface area contributed by atoms with Crippen LogP contribution in [0.5, 0.6) is 11.5 Å². The van der Waals surface area contributed by atoms with Crippen LogP contribution in [0.2, 0.25) is 0 Å². The first-order chi connectivity index (χ1) is 15.8. The van der Waals surface area contributed by atoms with E-state index < -0.39 is 17.9 Å². The highest BCUT2D eigenvalue weighted by Crippen LogP contribution is 2.40. The fourth-order valence-electron chi connectivity index (χ4n) is 3.72. The lowest BCUT2D eigenvalue weighted by atomic mass is 9.87. The van der Waals surface area contributed by atoms with E-state index in [1.165, 1.54) is 24.5 Å². The first kappa shape index (κ1) is 22.5. The molecule has 1 fully saturated rings. The largest absolute Gasteiger partial charge is 0.456 e. The first-order valence-corrected chi connectivity index (χ1v) is 10.5. The molecule has 1 aliphatic heterocycles. The van der Waals surface area contributed by atoms with Gasteiger partial charge < -0.3 is 15.0 Å². The van der Waals surface area contributed by atoms with Gasteiger partial charge in [-0.05, 0) is 36.8 Å². The highest BCUT2D eigenvalue weighted by atomic mass is 19.3. The maximum absolute atomic E-state index is 14.6. The minimum absolute atomic E-state index is 0.0141. The molecule has 4 heterocycles. The molecule has 1 aliphatic rings. The third kappa shape index (κ3) is 5.40. The predicted octanol–water partition coefficient (Wildman–Crippen LogP) is 3.41. The van der Waals surface area contributed by atoms with E-state index in [1.54, 1.807) is 48.5 Å². The summed E-state index contributed by atoms with van der Waals surface area (Å²) in [5, 5.41) is 2.72. The summed E-state index contributed by atoms with van der Waals surface area (Å²) in [6.45, 7) is 1.73. The van der Waals surface area contributed by atoms with E-state index >= 15 is 0 Å². The normalized spacial score (nSPS) is 18.9. The number of nitrogens with one attached hydrogen (secondary N) is 2. The molecular formula is C23H23F2N5O3. The lowest BCUT2D eigenvalue weighted by Crippen LogP contribution is -2.52. The van der Waals surface area contributed by atoms with Crippen LogP contribution in [0.3, 0.4) is 0 Å². The molecule has 4 rings (SSSR count). The van der Waals surface area contributed by atoms with Crippen LogP contribution in [0.1, 0.15) is 24.8 Å². The SMILES string of the molecule is CC(C(=O)Nc1ccc(Oc2ccncc2)cn1)N1CCC(F)(F)C(c2ccc(=O)[nH]c2)C1. The highest BCUT2D eigenvalue weighted by Gasteiger charge is 2.46. The standard InChI is InChI=1S/C23H23F2N5O3/c1-15(30-11-8-23(24,25)19(14-30)16-2-5-21(31)28-12-16)22(32)29-20-4-3-18(13-27-20)33-17-6-9-26-10-7-17/h2-7,9-10,12-13,15,19H,8,11,14H2,1H3,(H,28,31)(H,27,29,32). The molecule has 3 aromatic rings. The minimum Gasteiger partial charge on any atom is -0.456 e. The number of pyridine rings is 3. The lowest BCUT2D eigenvalue weighted by molar-refractivity contribution is -0.125. The summed E-state index contributed by atoms with van der Waals surface area (Å²) in [4.78, 5) is 36.3. The number of aromatic nitrogens is 3. The van der Waals surface area contributed by atoms with E-state index in [1.807, 2.05) is 0 Å². The Labute approximate surface area is 188 Å². The molecule has 2 unspecified atom stereocenters. The number of alkyl halides is 2. The molecule has 0 bridgehead atoms. The van der Waals surface area contributed by atoms with Crippen molar-refractivity contribution in [1.82, 2.24) is 19.9 Å². The van der Waals surface area contributed by atoms with Gasteiger partial charge in [-0.1, -0.05) is 6.07 Å². The van der Waals surface area contributed by atoms with Gasteiger partial charge in [0, 0.05) is 44.2 Å². The zero-order valence-electron chi connectivity index (χ0n) is 17.9. The molecule has 10 heteroatoms. The van der Waals surface area contributed by atoms with Gasteiger partial charge in [0.1, 0.15) is 17.3 Å². The molecule has 2 atom stereocenters. The van der Waals surface area contributed by atoms with Gasteiger partial charge in [-0.25, -0.2) is 13.8 Å². The second-order valence-corrected chi connectivity index (χ2v) is 7.87. The van der Waals surface area contributed by atoms with E-state index in [4.69, 9.17) is 4.74 Å². The van der Waals surface area contributed by atoms with Crippen LogP contribution < -0.4 is 15.6 Å². The van der Waals surface area contributed by atoms with Crippen LogP contribution in [-0.4, -0.2) is 50.8 Å². The summed E-state index contributed by atoms with van der Waals surface area (Å²) in [5.41, 5.74) is -0.0180. The van der Waals surface area contributed by atoms with Gasteiger partial charge in [0.05, 0.1) is 18.2 Å². The van der Waals surface area contributed by atoms with Gasteiger partial charge in [0.15, 0.2) is 0 Å². The van der Waals surface area contributed by atoms with Gasteiger partial charge in [0.2, 0.25) is 11.5 Å². The second-order valence-electron chi connectivity index (χ2n) is 7.87. The zero-order chi connectivity index (χ0) is 23.4. The average Bonchev–Trinajstić information content (AvgIpc) is 2.81. The molecule has 1 saturated heterocycles. The van der Waals surface area contributed by atoms with E-state index in [0.29, 0.717) is 22.9 Å². The molecule has 33 heavy (non-hydrogen) atoms. The van der Waals surface area contributed by atoms with E-state index in [9.17, 15) is 18.4 Å². The summed E-state index contributed by atoms with van der Waals surface area (Å²) in [5.74, 6) is -2.98. The monoisotopic (exact) mass is 455 g/mol. The van der Waals surface area contributed by atoms with Gasteiger partial charge in [-0.15, -0.1) is 0 Å². The van der Waals surface area contributed by atoms with Crippen molar-refractivity contribution in [2.45, 2.75) is 31.2 Å². The Kier molecular flexibility index (Phi) is 6.45. The van der Waals surface area contributed by atoms with Gasteiger partial charge in [-0.3, -0.25) is 19.5 Å². The number of anilines is 1. The number of piperidine rings is 1. The van der Waals surface area contributed by atoms with Crippen LogP contribution in [-0.2, 0) is 4.79 Å². The topological polar surface area (TPSA) is 100 Å². The molecule has 0 saturated carbocycles. The third-order valence-electron chi connectivity index (χ3n) is 5.67. The molecule has 0 aliphatic carbocycles. The molecule has 1 amide bonds. The van der Waals surface area contributed by atoms with Crippen molar-refractivity contribution in [3.63, 3.8) is 0 Å². The lowest BCUT2D eigenvalue weighted by Gasteiger charge is -2.40. The molecule has 8 nitrogen and oxygen atoms in total. The highest BCUT2D eigenvalue weighted by molar-refractivity contribution is 5.93. The molecule has 0 spiro atoms. The maximum atomic E-state index is 14.6. The van der Waals surface area contributed by atoms with Crippen LogP contribution in [0.15, 0.2) is 66.0 Å². The Bertz CT molecular complexity index is 1130. The Morgan fingerprint density at radius 1 is 1.21 bits per heavy atom. The molecule has 0 aromatic carbocycles. The van der Waals surface area contributed by atoms with Gasteiger partial charge in [0.25, 0.3) is 5.92 Å². The van der Waals surface area contributed by atoms with Crippen LogP contribution in [0, 0.1) is 0 Å². The number of rotatable bonds is 6. The van der Waals surface area contributed by atoms with Gasteiger partial charge in [-0.2, -0.15) is 0 Å². The number of carbonyl (C=O) groups excluding carboxylic acids is 1. The van der Waals surface area contributed by atoms with Crippen molar-refractivity contribution in [3.05, 3.63) is 77.1 Å². The van der Waals surface area contributed by atoms with Crippen molar-refractivity contribution < 1.29 is 18.3 Å². The Morgan fingerprint density at radius 3 is 2.67 bits per heavy atom. The fraction of sp³-hybridized carbons (Fsp3) is 0.304. The predicted molar refractivity (Wildman–Crippen MR) is 118 cm³/mol. The first-order valence-electron chi connectivity index (χ1n) is 10.5. The van der Waals surface area contributed by atoms with Crippen molar-refractivity contribution in [1.29, 1.82) is 0 Å². The summed E-state index contributed by atoms with van der Waals surface area (Å²) >= 11 is 0. The summed E-state index contributed by atoms with van der Waals surface area (Å²) in [6, 6.07) is 8.68. The average molecular weight is 455 g/mol. The van der Waals surface area contributed by atoms with Crippen LogP contribution in [0.25, 0.3) is 0 Å². The minimum atomic E-state index is -2.93. The summed E-state index contributed by atoms with van der Waals surface area (Å²) in [6.07, 6.45) is 5.63. The van der Waals surface area contributed by atoms with Crippen LogP contribution >= 0.6 is 0 Å². The van der Waals surface area contributed by atoms with Crippen molar-refractivity contribution in [3.8, 4) is 11.5 Å². The van der Waals surface area contributed by atoms with E-state index in [2.05, 4.69) is 20.3 Å². The molecule has 3 aromatic heterocycles. The smallest absolute Gasteiger partial charge is 0.257 e. The molecular weight excluding hydrogens is 432 g/mol. The number of carbonyl (C=O) groups is 1. The number of aromatic amines is 1. The third-order valence-corrected chi connectivity index (χ3v) is 5.67. The second kappa shape index (κ2) is 9.45. The summed E-state index contributed by atoms with van der Waals surface area (Å²) < 4.78 is 34.8. The number of amides is 1. The molecule has 0 radical (unpaired) electrons. The van der Waals surface area contributed by atoms with E-state index in [0.717, 1.165) is 0 Å². The van der Waals surface area contributed by atoms with E-state index in [-0.39, 0.29) is 31.0 Å².